The molecule has 0 atom stereocenters. The summed E-state index contributed by atoms with van der Waals surface area (Å²) < 4.78 is 58.6. The summed E-state index contributed by atoms with van der Waals surface area (Å²) >= 11 is 0. The number of nitrogens with zero attached hydrogens (tertiary/aromatic N) is 1. The van der Waals surface area contributed by atoms with Gasteiger partial charge in [0.15, 0.2) is 0 Å². The molecule has 0 aliphatic carbocycles. The van der Waals surface area contributed by atoms with Gasteiger partial charge in [-0.15, -0.1) is 0 Å². The van der Waals surface area contributed by atoms with Crippen LogP contribution in [0.15, 0.2) is 29.2 Å². The van der Waals surface area contributed by atoms with E-state index in [1.165, 1.54) is 12.1 Å². The molecule has 0 N–H and O–H groups in total. The summed E-state index contributed by atoms with van der Waals surface area (Å²) in [5.41, 5.74) is -5.09. The van der Waals surface area contributed by atoms with Crippen molar-refractivity contribution in [3.05, 3.63) is 29.8 Å². The van der Waals surface area contributed by atoms with E-state index < -0.39 is 20.2 Å². The Balaban J connectivity index is 3.26. The number of benzene rings is 1. The lowest BCUT2D eigenvalue weighted by Crippen LogP contribution is -2.23. The predicted molar refractivity (Wildman–Crippen MR) is 49.0 cm³/mol. The summed E-state index contributed by atoms with van der Waals surface area (Å²) in [6.45, 7) is 0. The molecule has 0 heterocycles. The second-order valence-electron chi connectivity index (χ2n) is 2.93. The van der Waals surface area contributed by atoms with Crippen molar-refractivity contribution >= 4 is 9.84 Å². The van der Waals surface area contributed by atoms with Crippen molar-refractivity contribution in [2.75, 3.05) is 0 Å². The van der Waals surface area contributed by atoms with Crippen molar-refractivity contribution < 1.29 is 21.6 Å². The molecule has 0 aliphatic rings. The Hall–Kier alpha value is -1.55. The lowest BCUT2D eigenvalue weighted by molar-refractivity contribution is -0.0436. The number of rotatable bonds is 2. The average molecular weight is 249 g/mol. The van der Waals surface area contributed by atoms with Gasteiger partial charge in [0.05, 0.1) is 17.4 Å². The molecule has 0 amide bonds. The van der Waals surface area contributed by atoms with Crippen LogP contribution >= 0.6 is 0 Å². The van der Waals surface area contributed by atoms with E-state index in [2.05, 4.69) is 0 Å². The summed E-state index contributed by atoms with van der Waals surface area (Å²) in [6.07, 6.45) is -0.138. The van der Waals surface area contributed by atoms with Gasteiger partial charge in [0.1, 0.15) is 0 Å². The predicted octanol–water partition coefficient (Wildman–Crippen LogP) is 2.05. The van der Waals surface area contributed by atoms with Crippen molar-refractivity contribution in [2.45, 2.75) is 16.8 Å². The summed E-state index contributed by atoms with van der Waals surface area (Å²) in [5.74, 6) is 0. The van der Waals surface area contributed by atoms with E-state index in [1.54, 1.807) is 6.07 Å². The van der Waals surface area contributed by atoms with Crippen molar-refractivity contribution in [1.29, 1.82) is 5.26 Å². The third-order valence-electron chi connectivity index (χ3n) is 1.80. The van der Waals surface area contributed by atoms with Gasteiger partial charge in [0, 0.05) is 0 Å². The highest BCUT2D eigenvalue weighted by Crippen LogP contribution is 2.30. The second-order valence-corrected chi connectivity index (χ2v) is 4.87. The number of halogens is 3. The molecule has 0 aliphatic heterocycles. The van der Waals surface area contributed by atoms with Gasteiger partial charge in [-0.1, -0.05) is 12.1 Å². The van der Waals surface area contributed by atoms with Gasteiger partial charge >= 0.3 is 5.51 Å². The monoisotopic (exact) mass is 249 g/mol. The standard InChI is InChI=1S/C9H6F3NO2S/c10-9(11,12)16(14,15)8-3-1-2-7(6-8)4-5-13/h1-3,6H,4H2. The van der Waals surface area contributed by atoms with Crippen molar-refractivity contribution in [3.63, 3.8) is 0 Å². The Morgan fingerprint density at radius 2 is 1.94 bits per heavy atom. The number of hydrogen-bond acceptors (Lipinski definition) is 3. The largest absolute Gasteiger partial charge is 0.501 e. The van der Waals surface area contributed by atoms with E-state index in [0.717, 1.165) is 12.1 Å². The fourth-order valence-corrected chi connectivity index (χ4v) is 1.88. The van der Waals surface area contributed by atoms with Crippen LogP contribution in [0.3, 0.4) is 0 Å². The molecule has 3 nitrogen and oxygen atoms in total. The van der Waals surface area contributed by atoms with Gasteiger partial charge in [0.25, 0.3) is 9.84 Å². The van der Waals surface area contributed by atoms with E-state index in [9.17, 15) is 21.6 Å². The molecule has 16 heavy (non-hydrogen) atoms. The van der Waals surface area contributed by atoms with Gasteiger partial charge < -0.3 is 0 Å². The number of alkyl halides is 3. The number of nitriles is 1. The van der Waals surface area contributed by atoms with Crippen LogP contribution in [0.25, 0.3) is 0 Å². The zero-order valence-electron chi connectivity index (χ0n) is 7.82. The summed E-state index contributed by atoms with van der Waals surface area (Å²) in [4.78, 5) is -0.840. The smallest absolute Gasteiger partial charge is 0.214 e. The molecule has 0 aromatic heterocycles. The van der Waals surface area contributed by atoms with Crippen LogP contribution in [0.1, 0.15) is 5.56 Å². The molecular weight excluding hydrogens is 243 g/mol. The summed E-state index contributed by atoms with van der Waals surface area (Å²) in [6, 6.07) is 5.99. The first kappa shape index (κ1) is 12.5. The van der Waals surface area contributed by atoms with E-state index in [-0.39, 0.29) is 12.0 Å². The minimum absolute atomic E-state index is 0.138. The van der Waals surface area contributed by atoms with Gasteiger partial charge in [-0.25, -0.2) is 8.42 Å². The highest BCUT2D eigenvalue weighted by molar-refractivity contribution is 7.92. The van der Waals surface area contributed by atoms with E-state index in [4.69, 9.17) is 5.26 Å². The van der Waals surface area contributed by atoms with Crippen LogP contribution < -0.4 is 0 Å². The minimum atomic E-state index is -5.33. The Bertz CT molecular complexity index is 528. The second kappa shape index (κ2) is 4.14. The minimum Gasteiger partial charge on any atom is -0.214 e. The van der Waals surface area contributed by atoms with Gasteiger partial charge in [-0.2, -0.15) is 18.4 Å². The third kappa shape index (κ3) is 2.33. The van der Waals surface area contributed by atoms with Crippen molar-refractivity contribution in [2.24, 2.45) is 0 Å². The van der Waals surface area contributed by atoms with Crippen molar-refractivity contribution in [3.8, 4) is 6.07 Å². The molecule has 7 heteroatoms. The average Bonchev–Trinajstić information content (AvgIpc) is 2.17. The van der Waals surface area contributed by atoms with Gasteiger partial charge in [0.2, 0.25) is 0 Å². The number of hydrogen-bond donors (Lipinski definition) is 0. The maximum Gasteiger partial charge on any atom is 0.501 e. The lowest BCUT2D eigenvalue weighted by Gasteiger charge is -2.08. The Labute approximate surface area is 90.0 Å². The van der Waals surface area contributed by atoms with Crippen molar-refractivity contribution in [1.82, 2.24) is 0 Å². The van der Waals surface area contributed by atoms with E-state index >= 15 is 0 Å². The molecule has 0 bridgehead atoms. The normalized spacial score (nSPS) is 12.1. The maximum absolute atomic E-state index is 12.2. The summed E-state index contributed by atoms with van der Waals surface area (Å²) in [7, 11) is -5.33. The topological polar surface area (TPSA) is 57.9 Å². The third-order valence-corrected chi connectivity index (χ3v) is 3.28. The molecule has 0 saturated carbocycles. The molecular formula is C9H6F3NO2S. The first-order valence-electron chi connectivity index (χ1n) is 4.06. The van der Waals surface area contributed by atoms with E-state index in [1.807, 2.05) is 0 Å². The zero-order chi connectivity index (χ0) is 12.4. The molecule has 1 rings (SSSR count). The van der Waals surface area contributed by atoms with E-state index in [0.29, 0.717) is 0 Å². The zero-order valence-corrected chi connectivity index (χ0v) is 8.64. The van der Waals surface area contributed by atoms with Crippen LogP contribution in [0.2, 0.25) is 0 Å². The molecule has 0 radical (unpaired) electrons. The summed E-state index contributed by atoms with van der Waals surface area (Å²) in [5, 5.41) is 8.35. The fourth-order valence-electron chi connectivity index (χ4n) is 1.05. The Morgan fingerprint density at radius 1 is 1.31 bits per heavy atom. The Kier molecular flexibility index (Phi) is 3.24. The fraction of sp³-hybridized carbons (Fsp3) is 0.222. The quantitative estimate of drug-likeness (QED) is 0.805. The first-order chi connectivity index (χ1) is 7.29. The van der Waals surface area contributed by atoms with Crippen LogP contribution in [0.5, 0.6) is 0 Å². The molecule has 86 valence electrons. The van der Waals surface area contributed by atoms with Gasteiger partial charge in [-0.05, 0) is 17.7 Å². The molecule has 0 fully saturated rings. The highest BCUT2D eigenvalue weighted by atomic mass is 32.2. The highest BCUT2D eigenvalue weighted by Gasteiger charge is 2.46. The first-order valence-corrected chi connectivity index (χ1v) is 5.54. The van der Waals surface area contributed by atoms with Gasteiger partial charge in [-0.3, -0.25) is 0 Å². The molecule has 0 unspecified atom stereocenters. The van der Waals surface area contributed by atoms with Crippen LogP contribution in [0, 0.1) is 11.3 Å². The maximum atomic E-state index is 12.2. The van der Waals surface area contributed by atoms with Crippen LogP contribution in [-0.2, 0) is 16.3 Å². The SMILES string of the molecule is N#CCc1cccc(S(=O)(=O)C(F)(F)F)c1. The van der Waals surface area contributed by atoms with Crippen LogP contribution in [-0.4, -0.2) is 13.9 Å². The molecule has 1 aromatic rings. The molecule has 0 spiro atoms. The lowest BCUT2D eigenvalue weighted by atomic mass is 10.2. The number of sulfone groups is 1. The van der Waals surface area contributed by atoms with Crippen LogP contribution in [0.4, 0.5) is 13.2 Å². The molecule has 0 saturated heterocycles. The Morgan fingerprint density at radius 3 is 2.44 bits per heavy atom. The molecule has 1 aromatic carbocycles.